The van der Waals surface area contributed by atoms with Crippen LogP contribution in [0.25, 0.3) is 0 Å². The second-order valence-electron chi connectivity index (χ2n) is 5.54. The van der Waals surface area contributed by atoms with E-state index < -0.39 is 12.0 Å². The van der Waals surface area contributed by atoms with Crippen LogP contribution in [0.1, 0.15) is 26.0 Å². The molecule has 0 fully saturated rings. The van der Waals surface area contributed by atoms with Crippen LogP contribution in [0.3, 0.4) is 0 Å². The van der Waals surface area contributed by atoms with Gasteiger partial charge in [0.1, 0.15) is 17.6 Å². The highest BCUT2D eigenvalue weighted by Crippen LogP contribution is 2.23. The van der Waals surface area contributed by atoms with Gasteiger partial charge in [0.2, 0.25) is 0 Å². The number of aliphatic carboxylic acids is 1. The third-order valence-corrected chi connectivity index (χ3v) is 3.13. The molecule has 2 N–H and O–H groups in total. The van der Waals surface area contributed by atoms with Gasteiger partial charge in [-0.2, -0.15) is 0 Å². The summed E-state index contributed by atoms with van der Waals surface area (Å²) in [6.45, 7) is 4.34. The second-order valence-corrected chi connectivity index (χ2v) is 5.54. The molecule has 1 atom stereocenters. The maximum absolute atomic E-state index is 11.2. The lowest BCUT2D eigenvalue weighted by molar-refractivity contribution is -0.140. The van der Waals surface area contributed by atoms with Crippen LogP contribution in [-0.2, 0) is 11.3 Å². The van der Waals surface area contributed by atoms with Gasteiger partial charge < -0.3 is 14.3 Å². The van der Waals surface area contributed by atoms with Crippen molar-refractivity contribution in [3.63, 3.8) is 0 Å². The van der Waals surface area contributed by atoms with Gasteiger partial charge in [-0.15, -0.1) is 0 Å². The lowest BCUT2D eigenvalue weighted by atomic mass is 10.0. The highest BCUT2D eigenvalue weighted by Gasteiger charge is 2.18. The van der Waals surface area contributed by atoms with Crippen molar-refractivity contribution >= 4 is 5.97 Å². The minimum absolute atomic E-state index is 0.308. The Morgan fingerprint density at radius 3 is 2.59 bits per heavy atom. The number of carboxylic acids is 1. The molecule has 2 rings (SSSR count). The van der Waals surface area contributed by atoms with Gasteiger partial charge >= 0.3 is 5.97 Å². The summed E-state index contributed by atoms with van der Waals surface area (Å²) >= 11 is 0. The van der Waals surface area contributed by atoms with Gasteiger partial charge in [-0.05, 0) is 30.5 Å². The molecule has 0 spiro atoms. The third-order valence-electron chi connectivity index (χ3n) is 3.13. The summed E-state index contributed by atoms with van der Waals surface area (Å²) in [7, 11) is 0. The van der Waals surface area contributed by atoms with Gasteiger partial charge in [0, 0.05) is 6.07 Å². The number of hydrogen-bond acceptors (Lipinski definition) is 4. The molecule has 0 amide bonds. The Kier molecular flexibility index (Phi) is 5.61. The molecule has 0 bridgehead atoms. The Morgan fingerprint density at radius 2 is 1.95 bits per heavy atom. The second kappa shape index (κ2) is 7.66. The summed E-state index contributed by atoms with van der Waals surface area (Å²) in [6.07, 6.45) is 0.573. The molecule has 1 aromatic heterocycles. The van der Waals surface area contributed by atoms with Crippen molar-refractivity contribution < 1.29 is 19.1 Å². The van der Waals surface area contributed by atoms with E-state index in [1.54, 1.807) is 12.1 Å². The quantitative estimate of drug-likeness (QED) is 0.778. The van der Waals surface area contributed by atoms with E-state index in [1.807, 2.05) is 44.2 Å². The molecule has 22 heavy (non-hydrogen) atoms. The van der Waals surface area contributed by atoms with E-state index in [0.29, 0.717) is 36.3 Å². The Labute approximate surface area is 129 Å². The topological polar surface area (TPSA) is 71.7 Å². The van der Waals surface area contributed by atoms with Gasteiger partial charge in [-0.1, -0.05) is 32.0 Å². The van der Waals surface area contributed by atoms with Crippen LogP contribution < -0.4 is 10.1 Å². The van der Waals surface area contributed by atoms with E-state index in [-0.39, 0.29) is 0 Å². The van der Waals surface area contributed by atoms with Crippen LogP contribution in [0.2, 0.25) is 0 Å². The van der Waals surface area contributed by atoms with Crippen LogP contribution in [0.5, 0.6) is 11.7 Å². The average molecular weight is 303 g/mol. The smallest absolute Gasteiger partial charge is 0.320 e. The van der Waals surface area contributed by atoms with E-state index in [1.165, 1.54) is 0 Å². The summed E-state index contributed by atoms with van der Waals surface area (Å²) < 4.78 is 11.1. The molecular weight excluding hydrogens is 282 g/mol. The molecule has 1 unspecified atom stereocenters. The molecule has 0 saturated heterocycles. The zero-order valence-electron chi connectivity index (χ0n) is 12.8. The first-order valence-electron chi connectivity index (χ1n) is 7.32. The number of hydrogen-bond donors (Lipinski definition) is 2. The predicted molar refractivity (Wildman–Crippen MR) is 82.9 cm³/mol. The van der Waals surface area contributed by atoms with Crippen molar-refractivity contribution in [1.29, 1.82) is 0 Å². The van der Waals surface area contributed by atoms with Crippen LogP contribution >= 0.6 is 0 Å². The zero-order valence-corrected chi connectivity index (χ0v) is 12.8. The Balaban J connectivity index is 1.90. The van der Waals surface area contributed by atoms with E-state index in [9.17, 15) is 9.90 Å². The maximum Gasteiger partial charge on any atom is 0.320 e. The first kappa shape index (κ1) is 16.1. The fraction of sp³-hybridized carbons (Fsp3) is 0.353. The first-order chi connectivity index (χ1) is 10.5. The number of carbonyl (C=O) groups is 1. The van der Waals surface area contributed by atoms with E-state index in [2.05, 4.69) is 5.32 Å². The summed E-state index contributed by atoms with van der Waals surface area (Å²) in [6, 6.07) is 12.3. The predicted octanol–water partition coefficient (Wildman–Crippen LogP) is 3.66. The lowest BCUT2D eigenvalue weighted by Gasteiger charge is -2.15. The molecule has 1 aromatic carbocycles. The highest BCUT2D eigenvalue weighted by atomic mass is 16.6. The molecule has 1 heterocycles. The van der Waals surface area contributed by atoms with Crippen molar-refractivity contribution in [1.82, 2.24) is 5.32 Å². The molecular formula is C17H21NO4. The number of benzene rings is 1. The van der Waals surface area contributed by atoms with Crippen molar-refractivity contribution in [3.05, 3.63) is 48.2 Å². The molecule has 0 aliphatic carbocycles. The number of para-hydroxylation sites is 1. The normalized spacial score (nSPS) is 12.3. The van der Waals surface area contributed by atoms with Crippen LogP contribution in [0, 0.1) is 5.92 Å². The first-order valence-corrected chi connectivity index (χ1v) is 7.32. The molecule has 2 aromatic rings. The summed E-state index contributed by atoms with van der Waals surface area (Å²) in [5, 5.41) is 12.2. The highest BCUT2D eigenvalue weighted by molar-refractivity contribution is 5.73. The van der Waals surface area contributed by atoms with Crippen LogP contribution in [0.4, 0.5) is 0 Å². The molecule has 5 nitrogen and oxygen atoms in total. The van der Waals surface area contributed by atoms with Gasteiger partial charge in [0.05, 0.1) is 6.54 Å². The molecule has 5 heteroatoms. The minimum atomic E-state index is -0.846. The van der Waals surface area contributed by atoms with E-state index >= 15 is 0 Å². The molecule has 0 saturated carbocycles. The maximum atomic E-state index is 11.2. The molecule has 0 aliphatic rings. The average Bonchev–Trinajstić information content (AvgIpc) is 2.91. The van der Waals surface area contributed by atoms with Gasteiger partial charge in [-0.25, -0.2) is 0 Å². The molecule has 0 radical (unpaired) electrons. The third kappa shape index (κ3) is 4.93. The van der Waals surface area contributed by atoms with E-state index in [4.69, 9.17) is 9.15 Å². The number of rotatable bonds is 8. The van der Waals surface area contributed by atoms with Gasteiger partial charge in [0.25, 0.3) is 5.95 Å². The minimum Gasteiger partial charge on any atom is -0.480 e. The van der Waals surface area contributed by atoms with Crippen LogP contribution in [-0.4, -0.2) is 17.1 Å². The Hall–Kier alpha value is -2.27. The lowest BCUT2D eigenvalue weighted by Crippen LogP contribution is -2.37. The molecule has 118 valence electrons. The summed E-state index contributed by atoms with van der Waals surface area (Å²) in [5.41, 5.74) is 0. The zero-order chi connectivity index (χ0) is 15.9. The number of ether oxygens (including phenoxy) is 1. The molecule has 0 aliphatic heterocycles. The Bertz CT molecular complexity index is 592. The number of carboxylic acid groups (broad SMARTS) is 1. The SMILES string of the molecule is CC(C)CC(NCc1ccc(Oc2ccccc2)o1)C(=O)O. The van der Waals surface area contributed by atoms with Gasteiger partial charge in [-0.3, -0.25) is 10.1 Å². The van der Waals surface area contributed by atoms with E-state index in [0.717, 1.165) is 0 Å². The summed E-state index contributed by atoms with van der Waals surface area (Å²) in [5.74, 6) is 1.18. The Morgan fingerprint density at radius 1 is 1.23 bits per heavy atom. The fourth-order valence-electron chi connectivity index (χ4n) is 2.08. The summed E-state index contributed by atoms with van der Waals surface area (Å²) in [4.78, 5) is 11.2. The number of furan rings is 1. The largest absolute Gasteiger partial charge is 0.480 e. The monoisotopic (exact) mass is 303 g/mol. The number of nitrogens with one attached hydrogen (secondary N) is 1. The van der Waals surface area contributed by atoms with Crippen molar-refractivity contribution in [3.8, 4) is 11.7 Å². The van der Waals surface area contributed by atoms with Crippen molar-refractivity contribution in [2.75, 3.05) is 0 Å². The van der Waals surface area contributed by atoms with Gasteiger partial charge in [0.15, 0.2) is 0 Å². The fourth-order valence-corrected chi connectivity index (χ4v) is 2.08. The van der Waals surface area contributed by atoms with Crippen molar-refractivity contribution in [2.45, 2.75) is 32.9 Å². The standard InChI is InChI=1S/C17H21NO4/c1-12(2)10-15(17(19)20)18-11-14-8-9-16(22-14)21-13-6-4-3-5-7-13/h3-9,12,15,18H,10-11H2,1-2H3,(H,19,20). The van der Waals surface area contributed by atoms with Crippen LogP contribution in [0.15, 0.2) is 46.9 Å². The van der Waals surface area contributed by atoms with Crippen molar-refractivity contribution in [2.24, 2.45) is 5.92 Å².